The van der Waals surface area contributed by atoms with Crippen molar-refractivity contribution in [3.05, 3.63) is 59.9 Å². The Morgan fingerprint density at radius 3 is 2.61 bits per heavy atom. The first-order valence-corrected chi connectivity index (χ1v) is 10.0. The van der Waals surface area contributed by atoms with E-state index in [-0.39, 0.29) is 12.1 Å². The van der Waals surface area contributed by atoms with Crippen LogP contribution in [0, 0.1) is 18.3 Å². The monoisotopic (exact) mass is 372 g/mol. The Bertz CT molecular complexity index is 896. The van der Waals surface area contributed by atoms with Gasteiger partial charge in [0.25, 0.3) is 0 Å². The van der Waals surface area contributed by atoms with Crippen molar-refractivity contribution in [2.75, 3.05) is 25.0 Å². The van der Waals surface area contributed by atoms with Gasteiger partial charge in [0.2, 0.25) is 0 Å². The zero-order valence-corrected chi connectivity index (χ0v) is 15.8. The first-order valence-electron chi connectivity index (χ1n) is 10.0. The van der Waals surface area contributed by atoms with Crippen molar-refractivity contribution in [2.45, 2.75) is 30.8 Å². The Morgan fingerprint density at radius 1 is 1.14 bits per heavy atom. The Labute approximate surface area is 165 Å². The van der Waals surface area contributed by atoms with Crippen molar-refractivity contribution >= 4 is 11.7 Å². The van der Waals surface area contributed by atoms with Crippen LogP contribution in [-0.4, -0.2) is 52.5 Å². The second-order valence-electron chi connectivity index (χ2n) is 8.05. The summed E-state index contributed by atoms with van der Waals surface area (Å²) < 4.78 is 0. The van der Waals surface area contributed by atoms with Crippen LogP contribution in [0.3, 0.4) is 0 Å². The van der Waals surface area contributed by atoms with Gasteiger partial charge in [-0.25, -0.2) is 4.79 Å². The zero-order chi connectivity index (χ0) is 19.1. The molecule has 5 heteroatoms. The number of benzene rings is 1. The molecule has 5 heterocycles. The average molecular weight is 372 g/mol. The fourth-order valence-electron chi connectivity index (χ4n) is 5.39. The maximum absolute atomic E-state index is 13.2. The third-order valence-electron chi connectivity index (χ3n) is 6.67. The predicted octanol–water partition coefficient (Wildman–Crippen LogP) is 3.16. The van der Waals surface area contributed by atoms with E-state index in [2.05, 4.69) is 32.1 Å². The van der Waals surface area contributed by atoms with Gasteiger partial charge >= 0.3 is 6.03 Å². The summed E-state index contributed by atoms with van der Waals surface area (Å²) >= 11 is 0. The Kier molecular flexibility index (Phi) is 4.29. The molecule has 6 rings (SSSR count). The van der Waals surface area contributed by atoms with Crippen LogP contribution in [0.15, 0.2) is 48.8 Å². The molecule has 1 aromatic heterocycles. The lowest BCUT2D eigenvalue weighted by atomic mass is 9.75. The topological polar surface area (TPSA) is 48.5 Å². The van der Waals surface area contributed by atoms with E-state index in [1.807, 2.05) is 42.7 Å². The molecule has 0 aliphatic carbocycles. The van der Waals surface area contributed by atoms with Crippen molar-refractivity contribution in [1.29, 1.82) is 0 Å². The van der Waals surface area contributed by atoms with Crippen LogP contribution >= 0.6 is 0 Å². The number of carbonyl (C=O) groups excluding carboxylic acids is 1. The van der Waals surface area contributed by atoms with E-state index in [0.29, 0.717) is 17.9 Å². The number of terminal acetylenes is 1. The second-order valence-corrected chi connectivity index (χ2v) is 8.05. The number of fused-ring (bicyclic) bond motifs is 2. The molecule has 2 bridgehead atoms. The molecule has 2 amide bonds. The number of hydrogen-bond acceptors (Lipinski definition) is 3. The summed E-state index contributed by atoms with van der Waals surface area (Å²) in [6.07, 6.45) is 11.6. The van der Waals surface area contributed by atoms with Gasteiger partial charge in [-0.15, -0.1) is 6.42 Å². The molecule has 3 unspecified atom stereocenters. The average Bonchev–Trinajstić information content (AvgIpc) is 3.19. The fraction of sp³-hybridized carbons (Fsp3) is 0.391. The van der Waals surface area contributed by atoms with E-state index in [9.17, 15) is 4.79 Å². The number of anilines is 1. The molecule has 1 aromatic carbocycles. The number of pyridine rings is 1. The van der Waals surface area contributed by atoms with Gasteiger partial charge in [0, 0.05) is 42.1 Å². The number of likely N-dealkylation sites (tertiary alicyclic amines) is 1. The van der Waals surface area contributed by atoms with Gasteiger partial charge in [-0.05, 0) is 67.7 Å². The van der Waals surface area contributed by atoms with Crippen molar-refractivity contribution < 1.29 is 4.79 Å². The van der Waals surface area contributed by atoms with Crippen molar-refractivity contribution in [3.8, 4) is 12.3 Å². The summed E-state index contributed by atoms with van der Waals surface area (Å²) in [6, 6.07) is 12.3. The summed E-state index contributed by atoms with van der Waals surface area (Å²) in [5, 5.41) is 3.08. The molecule has 1 N–H and O–H groups in total. The van der Waals surface area contributed by atoms with E-state index in [4.69, 9.17) is 6.42 Å². The van der Waals surface area contributed by atoms with Gasteiger partial charge in [-0.3, -0.25) is 9.88 Å². The number of amides is 2. The number of carbonyl (C=O) groups is 1. The minimum atomic E-state index is -0.0106. The van der Waals surface area contributed by atoms with Crippen molar-refractivity contribution in [2.24, 2.45) is 5.92 Å². The van der Waals surface area contributed by atoms with Gasteiger partial charge in [0.1, 0.15) is 0 Å². The molecule has 4 fully saturated rings. The first kappa shape index (κ1) is 17.3. The van der Waals surface area contributed by atoms with Gasteiger partial charge in [-0.2, -0.15) is 0 Å². The standard InChI is InChI=1S/C23H24N4O/c1-2-16-5-7-19(8-6-16)25-23(28)27-15-20(18-4-3-11-24-14-18)22-21(27)17-9-12-26(22)13-10-17/h1,3-8,11,14,17,20-22H,9-10,12-13,15H2,(H,25,28). The molecular formula is C23H24N4O. The first-order chi connectivity index (χ1) is 13.7. The van der Waals surface area contributed by atoms with E-state index in [1.54, 1.807) is 0 Å². The molecule has 2 aromatic rings. The maximum Gasteiger partial charge on any atom is 0.322 e. The number of hydrogen-bond donors (Lipinski definition) is 1. The van der Waals surface area contributed by atoms with Gasteiger partial charge in [0.05, 0.1) is 6.04 Å². The van der Waals surface area contributed by atoms with Crippen LogP contribution in [-0.2, 0) is 0 Å². The molecular weight excluding hydrogens is 348 g/mol. The van der Waals surface area contributed by atoms with Crippen LogP contribution in [0.2, 0.25) is 0 Å². The van der Waals surface area contributed by atoms with E-state index >= 15 is 0 Å². The SMILES string of the molecule is C#Cc1ccc(NC(=O)N2CC(c3cccnc3)C3C2C2CCN3CC2)cc1. The highest BCUT2D eigenvalue weighted by Crippen LogP contribution is 2.46. The van der Waals surface area contributed by atoms with E-state index in [1.165, 1.54) is 18.4 Å². The highest BCUT2D eigenvalue weighted by Gasteiger charge is 2.54. The second kappa shape index (κ2) is 6.96. The van der Waals surface area contributed by atoms with Crippen molar-refractivity contribution in [1.82, 2.24) is 14.8 Å². The van der Waals surface area contributed by atoms with E-state index in [0.717, 1.165) is 30.9 Å². The van der Waals surface area contributed by atoms with E-state index < -0.39 is 0 Å². The quantitative estimate of drug-likeness (QED) is 0.824. The largest absolute Gasteiger partial charge is 0.322 e. The zero-order valence-electron chi connectivity index (χ0n) is 15.8. The normalized spacial score (nSPS) is 30.5. The molecule has 0 spiro atoms. The molecule has 4 saturated heterocycles. The lowest BCUT2D eigenvalue weighted by Crippen LogP contribution is -2.61. The summed E-state index contributed by atoms with van der Waals surface area (Å²) in [7, 11) is 0. The molecule has 0 saturated carbocycles. The smallest absolute Gasteiger partial charge is 0.319 e. The minimum Gasteiger partial charge on any atom is -0.319 e. The Balaban J connectivity index is 1.42. The minimum absolute atomic E-state index is 0.0106. The van der Waals surface area contributed by atoms with Gasteiger partial charge in [-0.1, -0.05) is 12.0 Å². The molecule has 4 aliphatic heterocycles. The number of aromatic nitrogens is 1. The summed E-state index contributed by atoms with van der Waals surface area (Å²) in [5.41, 5.74) is 2.83. The molecule has 4 aliphatic rings. The number of urea groups is 1. The summed E-state index contributed by atoms with van der Waals surface area (Å²) in [4.78, 5) is 22.2. The lowest BCUT2D eigenvalue weighted by Gasteiger charge is -2.51. The highest BCUT2D eigenvalue weighted by atomic mass is 16.2. The molecule has 3 atom stereocenters. The fourth-order valence-corrected chi connectivity index (χ4v) is 5.39. The Morgan fingerprint density at radius 2 is 1.93 bits per heavy atom. The van der Waals surface area contributed by atoms with Crippen LogP contribution < -0.4 is 5.32 Å². The maximum atomic E-state index is 13.2. The third kappa shape index (κ3) is 2.85. The molecule has 5 nitrogen and oxygen atoms in total. The van der Waals surface area contributed by atoms with Crippen molar-refractivity contribution in [3.63, 3.8) is 0 Å². The Hall–Kier alpha value is -2.84. The highest BCUT2D eigenvalue weighted by molar-refractivity contribution is 5.90. The van der Waals surface area contributed by atoms with Gasteiger partial charge in [0.15, 0.2) is 0 Å². The molecule has 142 valence electrons. The lowest BCUT2D eigenvalue weighted by molar-refractivity contribution is 0.00493. The summed E-state index contributed by atoms with van der Waals surface area (Å²) in [5.74, 6) is 3.51. The van der Waals surface area contributed by atoms with Gasteiger partial charge < -0.3 is 10.2 Å². The number of piperidine rings is 3. The van der Waals surface area contributed by atoms with Crippen LogP contribution in [0.1, 0.15) is 29.9 Å². The van der Waals surface area contributed by atoms with Crippen LogP contribution in [0.5, 0.6) is 0 Å². The molecule has 28 heavy (non-hydrogen) atoms. The van der Waals surface area contributed by atoms with Crippen LogP contribution in [0.25, 0.3) is 0 Å². The van der Waals surface area contributed by atoms with Crippen LogP contribution in [0.4, 0.5) is 10.5 Å². The third-order valence-corrected chi connectivity index (χ3v) is 6.67. The molecule has 0 radical (unpaired) electrons. The number of nitrogens with zero attached hydrogens (tertiary/aromatic N) is 3. The number of rotatable bonds is 2. The predicted molar refractivity (Wildman–Crippen MR) is 109 cm³/mol. The number of nitrogens with one attached hydrogen (secondary N) is 1. The summed E-state index contributed by atoms with van der Waals surface area (Å²) in [6.45, 7) is 3.03.